The fourth-order valence-corrected chi connectivity index (χ4v) is 1.72. The van der Waals surface area contributed by atoms with E-state index in [0.717, 1.165) is 5.56 Å². The first-order valence-corrected chi connectivity index (χ1v) is 6.49. The minimum atomic E-state index is -0.844. The van der Waals surface area contributed by atoms with Gasteiger partial charge in [0.1, 0.15) is 5.60 Å². The van der Waals surface area contributed by atoms with Crippen LogP contribution in [0.4, 0.5) is 10.5 Å². The fourth-order valence-electron chi connectivity index (χ4n) is 1.72. The summed E-state index contributed by atoms with van der Waals surface area (Å²) in [5.41, 5.74) is 0.896. The van der Waals surface area contributed by atoms with E-state index in [-0.39, 0.29) is 12.3 Å². The van der Waals surface area contributed by atoms with Crippen LogP contribution >= 0.6 is 0 Å². The van der Waals surface area contributed by atoms with Gasteiger partial charge in [-0.05, 0) is 44.4 Å². The summed E-state index contributed by atoms with van der Waals surface area (Å²) in [4.78, 5) is 22.4. The Bertz CT molecular complexity index is 491. The van der Waals surface area contributed by atoms with Gasteiger partial charge in [-0.2, -0.15) is 0 Å². The number of carboxylic acids is 1. The summed E-state index contributed by atoms with van der Waals surface area (Å²) in [6.45, 7) is 7.20. The minimum absolute atomic E-state index is 0.0515. The highest BCUT2D eigenvalue weighted by Gasteiger charge is 2.16. The quantitative estimate of drug-likeness (QED) is 0.882. The van der Waals surface area contributed by atoms with E-state index in [1.165, 1.54) is 0 Å². The third-order valence-electron chi connectivity index (χ3n) is 2.58. The van der Waals surface area contributed by atoms with E-state index < -0.39 is 17.7 Å². The molecule has 5 heteroatoms. The summed E-state index contributed by atoms with van der Waals surface area (Å²) in [7, 11) is 0. The highest BCUT2D eigenvalue weighted by molar-refractivity contribution is 5.85. The number of ether oxygens (including phenoxy) is 1. The van der Waals surface area contributed by atoms with Crippen molar-refractivity contribution in [3.63, 3.8) is 0 Å². The molecule has 0 fully saturated rings. The van der Waals surface area contributed by atoms with Crippen LogP contribution in [0.25, 0.3) is 0 Å². The fraction of sp³-hybridized carbons (Fsp3) is 0.467. The molecule has 1 aromatic rings. The molecular weight excluding hydrogens is 258 g/mol. The molecule has 0 heterocycles. The van der Waals surface area contributed by atoms with E-state index in [1.54, 1.807) is 39.0 Å². The van der Waals surface area contributed by atoms with Gasteiger partial charge < -0.3 is 9.84 Å². The van der Waals surface area contributed by atoms with Crippen LogP contribution in [0.1, 0.15) is 45.6 Å². The maximum Gasteiger partial charge on any atom is 0.412 e. The zero-order valence-corrected chi connectivity index (χ0v) is 12.3. The number of benzene rings is 1. The van der Waals surface area contributed by atoms with Crippen LogP contribution in [0.5, 0.6) is 0 Å². The van der Waals surface area contributed by atoms with Crippen molar-refractivity contribution in [1.29, 1.82) is 0 Å². The number of carbonyl (C=O) groups is 2. The van der Waals surface area contributed by atoms with E-state index in [9.17, 15) is 9.59 Å². The smallest absolute Gasteiger partial charge is 0.412 e. The topological polar surface area (TPSA) is 75.6 Å². The summed E-state index contributed by atoms with van der Waals surface area (Å²) in [6.07, 6.45) is -0.476. The van der Waals surface area contributed by atoms with Gasteiger partial charge in [0.25, 0.3) is 0 Å². The monoisotopic (exact) mass is 279 g/mol. The number of anilines is 1. The summed E-state index contributed by atoms with van der Waals surface area (Å²) < 4.78 is 5.16. The van der Waals surface area contributed by atoms with Crippen molar-refractivity contribution in [3.8, 4) is 0 Å². The molecule has 1 amide bonds. The van der Waals surface area contributed by atoms with Crippen LogP contribution in [0, 0.1) is 0 Å². The average molecular weight is 279 g/mol. The van der Waals surface area contributed by atoms with Crippen LogP contribution < -0.4 is 5.32 Å². The largest absolute Gasteiger partial charge is 0.481 e. The van der Waals surface area contributed by atoms with Crippen LogP contribution in [-0.4, -0.2) is 22.8 Å². The molecule has 0 aliphatic heterocycles. The Kier molecular flexibility index (Phi) is 5.13. The van der Waals surface area contributed by atoms with Crippen molar-refractivity contribution in [3.05, 3.63) is 29.8 Å². The molecular formula is C15H21NO4. The normalized spacial score (nSPS) is 12.6. The van der Waals surface area contributed by atoms with Gasteiger partial charge in [0.2, 0.25) is 0 Å². The molecule has 0 unspecified atom stereocenters. The van der Waals surface area contributed by atoms with Gasteiger partial charge in [-0.3, -0.25) is 10.1 Å². The zero-order chi connectivity index (χ0) is 15.3. The van der Waals surface area contributed by atoms with Gasteiger partial charge in [0.05, 0.1) is 6.42 Å². The van der Waals surface area contributed by atoms with Gasteiger partial charge in [-0.1, -0.05) is 19.1 Å². The Balaban J connectivity index is 2.73. The molecule has 0 bridgehead atoms. The maximum atomic E-state index is 11.7. The predicted octanol–water partition coefficient (Wildman–Crippen LogP) is 3.61. The van der Waals surface area contributed by atoms with E-state index in [1.807, 2.05) is 13.0 Å². The van der Waals surface area contributed by atoms with Crippen LogP contribution in [0.3, 0.4) is 0 Å². The number of hydrogen-bond acceptors (Lipinski definition) is 3. The molecule has 1 rings (SSSR count). The Labute approximate surface area is 118 Å². The van der Waals surface area contributed by atoms with E-state index >= 15 is 0 Å². The van der Waals surface area contributed by atoms with Gasteiger partial charge in [-0.15, -0.1) is 0 Å². The van der Waals surface area contributed by atoms with Crippen molar-refractivity contribution in [2.75, 3.05) is 5.32 Å². The molecule has 0 spiro atoms. The number of rotatable bonds is 4. The van der Waals surface area contributed by atoms with E-state index in [0.29, 0.717) is 5.69 Å². The van der Waals surface area contributed by atoms with Crippen molar-refractivity contribution in [2.45, 2.75) is 45.6 Å². The minimum Gasteiger partial charge on any atom is -0.481 e. The van der Waals surface area contributed by atoms with Gasteiger partial charge in [0.15, 0.2) is 0 Å². The van der Waals surface area contributed by atoms with Crippen molar-refractivity contribution < 1.29 is 19.4 Å². The molecule has 5 nitrogen and oxygen atoms in total. The van der Waals surface area contributed by atoms with E-state index in [4.69, 9.17) is 9.84 Å². The molecule has 110 valence electrons. The van der Waals surface area contributed by atoms with Crippen molar-refractivity contribution in [1.82, 2.24) is 0 Å². The summed E-state index contributed by atoms with van der Waals surface area (Å²) in [5, 5.41) is 11.4. The van der Waals surface area contributed by atoms with E-state index in [2.05, 4.69) is 5.32 Å². The van der Waals surface area contributed by atoms with Crippen LogP contribution in [0.15, 0.2) is 24.3 Å². The second kappa shape index (κ2) is 6.41. The predicted molar refractivity (Wildman–Crippen MR) is 77.0 cm³/mol. The summed E-state index contributed by atoms with van der Waals surface area (Å²) in [6, 6.07) is 7.12. The number of aliphatic carboxylic acids is 1. The first kappa shape index (κ1) is 16.0. The standard InChI is InChI=1S/C15H21NO4/c1-10(8-13(17)18)11-6-5-7-12(9-11)16-14(19)20-15(2,3)4/h5-7,9-10H,8H2,1-4H3,(H,16,19)(H,17,18)/t10-/m1/s1. The molecule has 0 saturated carbocycles. The van der Waals surface area contributed by atoms with Gasteiger partial charge >= 0.3 is 12.1 Å². The summed E-state index contributed by atoms with van der Waals surface area (Å²) in [5.74, 6) is -0.962. The van der Waals surface area contributed by atoms with Gasteiger partial charge in [-0.25, -0.2) is 4.79 Å². The zero-order valence-electron chi connectivity index (χ0n) is 12.3. The molecule has 2 N–H and O–H groups in total. The number of amides is 1. The highest BCUT2D eigenvalue weighted by atomic mass is 16.6. The third kappa shape index (κ3) is 5.73. The Morgan fingerprint density at radius 2 is 2.00 bits per heavy atom. The molecule has 0 aromatic heterocycles. The lowest BCUT2D eigenvalue weighted by molar-refractivity contribution is -0.137. The number of carbonyl (C=O) groups excluding carboxylic acids is 1. The lowest BCUT2D eigenvalue weighted by Crippen LogP contribution is -2.27. The molecule has 0 aliphatic rings. The third-order valence-corrected chi connectivity index (χ3v) is 2.58. The second-order valence-electron chi connectivity index (χ2n) is 5.75. The maximum absolute atomic E-state index is 11.7. The molecule has 20 heavy (non-hydrogen) atoms. The molecule has 1 aromatic carbocycles. The van der Waals surface area contributed by atoms with Gasteiger partial charge in [0, 0.05) is 5.69 Å². The first-order chi connectivity index (χ1) is 9.17. The highest BCUT2D eigenvalue weighted by Crippen LogP contribution is 2.22. The Morgan fingerprint density at radius 3 is 2.55 bits per heavy atom. The molecule has 1 atom stereocenters. The first-order valence-electron chi connectivity index (χ1n) is 6.49. The summed E-state index contributed by atoms with van der Waals surface area (Å²) >= 11 is 0. The van der Waals surface area contributed by atoms with Crippen molar-refractivity contribution in [2.24, 2.45) is 0 Å². The molecule has 0 radical (unpaired) electrons. The Hall–Kier alpha value is -2.04. The van der Waals surface area contributed by atoms with Crippen molar-refractivity contribution >= 4 is 17.7 Å². The number of carboxylic acid groups (broad SMARTS) is 1. The lowest BCUT2D eigenvalue weighted by Gasteiger charge is -2.20. The number of hydrogen-bond donors (Lipinski definition) is 2. The SMILES string of the molecule is C[C@H](CC(=O)O)c1cccc(NC(=O)OC(C)(C)C)c1. The van der Waals surface area contributed by atoms with Crippen LogP contribution in [-0.2, 0) is 9.53 Å². The second-order valence-corrected chi connectivity index (χ2v) is 5.75. The number of nitrogens with one attached hydrogen (secondary N) is 1. The average Bonchev–Trinajstić information content (AvgIpc) is 2.25. The Morgan fingerprint density at radius 1 is 1.35 bits per heavy atom. The molecule has 0 aliphatic carbocycles. The molecule has 0 saturated heterocycles. The lowest BCUT2D eigenvalue weighted by atomic mass is 9.97. The van der Waals surface area contributed by atoms with Crippen LogP contribution in [0.2, 0.25) is 0 Å².